The summed E-state index contributed by atoms with van der Waals surface area (Å²) < 4.78 is 0. The SMILES string of the molecule is CCC(C)(CNC(=O)NCC1CC2CCC1C2)C(=O)O. The first kappa shape index (κ1) is 15.1. The van der Waals surface area contributed by atoms with Gasteiger partial charge in [0.05, 0.1) is 5.41 Å². The van der Waals surface area contributed by atoms with Gasteiger partial charge in [-0.1, -0.05) is 13.3 Å². The molecule has 20 heavy (non-hydrogen) atoms. The Kier molecular flexibility index (Phi) is 4.55. The number of carbonyl (C=O) groups is 2. The summed E-state index contributed by atoms with van der Waals surface area (Å²) in [4.78, 5) is 22.9. The molecule has 0 aromatic carbocycles. The molecule has 0 saturated heterocycles. The minimum Gasteiger partial charge on any atom is -0.481 e. The lowest BCUT2D eigenvalue weighted by Gasteiger charge is -2.25. The monoisotopic (exact) mass is 282 g/mol. The van der Waals surface area contributed by atoms with Crippen LogP contribution in [0.2, 0.25) is 0 Å². The minimum absolute atomic E-state index is 0.168. The molecule has 2 fully saturated rings. The van der Waals surface area contributed by atoms with Crippen molar-refractivity contribution in [2.24, 2.45) is 23.2 Å². The number of carboxylic acid groups (broad SMARTS) is 1. The molecule has 2 rings (SSSR count). The van der Waals surface area contributed by atoms with Crippen LogP contribution in [0.4, 0.5) is 4.79 Å². The van der Waals surface area contributed by atoms with E-state index in [1.807, 2.05) is 6.92 Å². The zero-order valence-electron chi connectivity index (χ0n) is 12.4. The van der Waals surface area contributed by atoms with Crippen LogP contribution in [0, 0.1) is 23.2 Å². The van der Waals surface area contributed by atoms with Crippen LogP contribution in [0.1, 0.15) is 46.0 Å². The first-order valence-corrected chi connectivity index (χ1v) is 7.69. The van der Waals surface area contributed by atoms with Crippen LogP contribution < -0.4 is 10.6 Å². The topological polar surface area (TPSA) is 78.4 Å². The average Bonchev–Trinajstić information content (AvgIpc) is 3.04. The van der Waals surface area contributed by atoms with Crippen molar-refractivity contribution in [3.05, 3.63) is 0 Å². The van der Waals surface area contributed by atoms with Crippen molar-refractivity contribution in [3.8, 4) is 0 Å². The van der Waals surface area contributed by atoms with Crippen LogP contribution >= 0.6 is 0 Å². The Morgan fingerprint density at radius 1 is 1.25 bits per heavy atom. The van der Waals surface area contributed by atoms with Gasteiger partial charge in [-0.15, -0.1) is 0 Å². The van der Waals surface area contributed by atoms with Crippen LogP contribution in [0.3, 0.4) is 0 Å². The van der Waals surface area contributed by atoms with Gasteiger partial charge in [-0.05, 0) is 50.4 Å². The third kappa shape index (κ3) is 3.25. The Bertz CT molecular complexity index is 385. The van der Waals surface area contributed by atoms with Crippen molar-refractivity contribution in [2.45, 2.75) is 46.0 Å². The van der Waals surface area contributed by atoms with Gasteiger partial charge in [0.25, 0.3) is 0 Å². The molecule has 0 radical (unpaired) electrons. The number of rotatable bonds is 6. The largest absolute Gasteiger partial charge is 0.481 e. The molecule has 0 heterocycles. The molecule has 0 spiro atoms. The zero-order valence-corrected chi connectivity index (χ0v) is 12.4. The fourth-order valence-electron chi connectivity index (χ4n) is 3.54. The van der Waals surface area contributed by atoms with Crippen LogP contribution in [-0.4, -0.2) is 30.2 Å². The summed E-state index contributed by atoms with van der Waals surface area (Å²) in [6, 6.07) is -0.242. The van der Waals surface area contributed by atoms with Crippen LogP contribution in [0.15, 0.2) is 0 Å². The van der Waals surface area contributed by atoms with Gasteiger partial charge in [0.1, 0.15) is 0 Å². The standard InChI is InChI=1S/C15H26N2O3/c1-3-15(2,13(18)19)9-17-14(20)16-8-12-7-10-4-5-11(12)6-10/h10-12H,3-9H2,1-2H3,(H,18,19)(H2,16,17,20). The van der Waals surface area contributed by atoms with Crippen molar-refractivity contribution < 1.29 is 14.7 Å². The molecule has 2 aliphatic rings. The summed E-state index contributed by atoms with van der Waals surface area (Å²) in [6.07, 6.45) is 5.75. The summed E-state index contributed by atoms with van der Waals surface area (Å²) in [5.74, 6) is 1.43. The molecule has 2 saturated carbocycles. The van der Waals surface area contributed by atoms with E-state index in [9.17, 15) is 9.59 Å². The number of aliphatic carboxylic acids is 1. The fraction of sp³-hybridized carbons (Fsp3) is 0.867. The second-order valence-corrected chi connectivity index (χ2v) is 6.72. The van der Waals surface area contributed by atoms with Gasteiger partial charge in [-0.2, -0.15) is 0 Å². The first-order valence-electron chi connectivity index (χ1n) is 7.69. The highest BCUT2D eigenvalue weighted by molar-refractivity contribution is 5.77. The molecule has 4 atom stereocenters. The highest BCUT2D eigenvalue weighted by atomic mass is 16.4. The number of carbonyl (C=O) groups excluding carboxylic acids is 1. The number of urea groups is 1. The number of amides is 2. The number of nitrogens with one attached hydrogen (secondary N) is 2. The summed E-state index contributed by atoms with van der Waals surface area (Å²) in [7, 11) is 0. The first-order chi connectivity index (χ1) is 9.44. The molecule has 4 unspecified atom stereocenters. The Labute approximate surface area is 120 Å². The van der Waals surface area contributed by atoms with Gasteiger partial charge in [0.15, 0.2) is 0 Å². The summed E-state index contributed by atoms with van der Waals surface area (Å²) >= 11 is 0. The quantitative estimate of drug-likeness (QED) is 0.699. The molecular weight excluding hydrogens is 256 g/mol. The number of hydrogen-bond donors (Lipinski definition) is 3. The van der Waals surface area contributed by atoms with Crippen molar-refractivity contribution >= 4 is 12.0 Å². The van der Waals surface area contributed by atoms with E-state index in [1.165, 1.54) is 25.7 Å². The highest BCUT2D eigenvalue weighted by Gasteiger charge is 2.39. The van der Waals surface area contributed by atoms with E-state index in [1.54, 1.807) is 6.92 Å². The van der Waals surface area contributed by atoms with Crippen LogP contribution in [0.25, 0.3) is 0 Å². The van der Waals surface area contributed by atoms with Gasteiger partial charge in [0.2, 0.25) is 0 Å². The summed E-state index contributed by atoms with van der Waals surface area (Å²) in [5, 5.41) is 14.7. The Morgan fingerprint density at radius 3 is 2.50 bits per heavy atom. The highest BCUT2D eigenvalue weighted by Crippen LogP contribution is 2.47. The second kappa shape index (κ2) is 6.02. The maximum absolute atomic E-state index is 11.8. The molecular formula is C15H26N2O3. The normalized spacial score (nSPS) is 30.8. The van der Waals surface area contributed by atoms with E-state index in [-0.39, 0.29) is 12.6 Å². The van der Waals surface area contributed by atoms with Crippen molar-refractivity contribution in [1.82, 2.24) is 10.6 Å². The maximum atomic E-state index is 11.8. The zero-order chi connectivity index (χ0) is 14.8. The van der Waals surface area contributed by atoms with E-state index in [0.717, 1.165) is 18.4 Å². The Balaban J connectivity index is 1.69. The van der Waals surface area contributed by atoms with Crippen molar-refractivity contribution in [3.63, 3.8) is 0 Å². The molecule has 2 bridgehead atoms. The van der Waals surface area contributed by atoms with Gasteiger partial charge in [0, 0.05) is 13.1 Å². The molecule has 0 aromatic rings. The predicted molar refractivity (Wildman–Crippen MR) is 76.4 cm³/mol. The number of fused-ring (bicyclic) bond motifs is 2. The van der Waals surface area contributed by atoms with E-state index >= 15 is 0 Å². The van der Waals surface area contributed by atoms with Gasteiger partial charge < -0.3 is 15.7 Å². The Morgan fingerprint density at radius 2 is 2.00 bits per heavy atom. The Hall–Kier alpha value is -1.26. The van der Waals surface area contributed by atoms with E-state index in [0.29, 0.717) is 12.3 Å². The number of carboxylic acids is 1. The maximum Gasteiger partial charge on any atom is 0.314 e. The molecule has 2 amide bonds. The molecule has 5 heteroatoms. The van der Waals surface area contributed by atoms with Gasteiger partial charge in [-0.3, -0.25) is 4.79 Å². The van der Waals surface area contributed by atoms with E-state index < -0.39 is 11.4 Å². The lowest BCUT2D eigenvalue weighted by molar-refractivity contribution is -0.147. The third-order valence-corrected chi connectivity index (χ3v) is 5.35. The summed E-state index contributed by atoms with van der Waals surface area (Å²) in [5.41, 5.74) is -0.885. The van der Waals surface area contributed by atoms with E-state index in [4.69, 9.17) is 5.11 Å². The predicted octanol–water partition coefficient (Wildman–Crippen LogP) is 2.22. The van der Waals surface area contributed by atoms with Crippen LogP contribution in [0.5, 0.6) is 0 Å². The smallest absolute Gasteiger partial charge is 0.314 e. The molecule has 0 aromatic heterocycles. The summed E-state index contributed by atoms with van der Waals surface area (Å²) in [6.45, 7) is 4.37. The lowest BCUT2D eigenvalue weighted by atomic mass is 9.88. The molecule has 5 nitrogen and oxygen atoms in total. The lowest BCUT2D eigenvalue weighted by Crippen LogP contribution is -2.45. The molecule has 2 aliphatic carbocycles. The minimum atomic E-state index is -0.885. The van der Waals surface area contributed by atoms with Crippen LogP contribution in [-0.2, 0) is 4.79 Å². The molecule has 0 aliphatic heterocycles. The van der Waals surface area contributed by atoms with Gasteiger partial charge >= 0.3 is 12.0 Å². The third-order valence-electron chi connectivity index (χ3n) is 5.35. The fourth-order valence-corrected chi connectivity index (χ4v) is 3.54. The molecule has 114 valence electrons. The second-order valence-electron chi connectivity index (χ2n) is 6.72. The van der Waals surface area contributed by atoms with E-state index in [2.05, 4.69) is 10.6 Å². The van der Waals surface area contributed by atoms with Crippen molar-refractivity contribution in [2.75, 3.05) is 13.1 Å². The average molecular weight is 282 g/mol. The molecule has 3 N–H and O–H groups in total. The van der Waals surface area contributed by atoms with Gasteiger partial charge in [-0.25, -0.2) is 4.79 Å². The number of hydrogen-bond acceptors (Lipinski definition) is 2. The van der Waals surface area contributed by atoms with Crippen molar-refractivity contribution in [1.29, 1.82) is 0 Å².